The number of unbranched alkanes of at least 4 members (excludes halogenated alkanes) is 1. The van der Waals surface area contributed by atoms with Crippen molar-refractivity contribution in [3.05, 3.63) is 40.1 Å². The minimum atomic E-state index is -0.0499. The predicted octanol–water partition coefficient (Wildman–Crippen LogP) is 2.96. The Morgan fingerprint density at radius 3 is 3.05 bits per heavy atom. The molecule has 0 aromatic carbocycles. The zero-order valence-corrected chi connectivity index (χ0v) is 13.1. The van der Waals surface area contributed by atoms with Gasteiger partial charge in [-0.25, -0.2) is 4.98 Å². The number of hydrogen-bond donors (Lipinski definition) is 1. The maximum absolute atomic E-state index is 12.0. The van der Waals surface area contributed by atoms with Crippen molar-refractivity contribution in [2.75, 3.05) is 6.54 Å². The molecule has 112 valence electrons. The van der Waals surface area contributed by atoms with E-state index in [4.69, 9.17) is 4.74 Å². The zero-order chi connectivity index (χ0) is 15.1. The molecule has 21 heavy (non-hydrogen) atoms. The molecule has 0 aliphatic heterocycles. The smallest absolute Gasteiger partial charge is 0.263 e. The quantitative estimate of drug-likeness (QED) is 0.799. The molecule has 0 atom stereocenters. The summed E-state index contributed by atoms with van der Waals surface area (Å²) >= 11 is 1.38. The average molecular weight is 305 g/mol. The first-order valence-corrected chi connectivity index (χ1v) is 7.79. The van der Waals surface area contributed by atoms with Gasteiger partial charge in [0.15, 0.2) is 0 Å². The third-order valence-electron chi connectivity index (χ3n) is 2.86. The molecule has 0 saturated heterocycles. The number of nitrogens with zero attached hydrogens (tertiary/aromatic N) is 2. The molecular formula is C15H19N3O2S. The molecule has 2 rings (SSSR count). The maximum atomic E-state index is 12.0. The Kier molecular flexibility index (Phi) is 5.68. The average Bonchev–Trinajstić information content (AvgIpc) is 2.87. The van der Waals surface area contributed by atoms with E-state index in [2.05, 4.69) is 22.2 Å². The minimum absolute atomic E-state index is 0.0499. The number of aromatic nitrogens is 2. The van der Waals surface area contributed by atoms with Crippen LogP contribution in [0.4, 0.5) is 0 Å². The van der Waals surface area contributed by atoms with Crippen LogP contribution in [0.5, 0.6) is 5.75 Å². The number of thiazole rings is 1. The van der Waals surface area contributed by atoms with Crippen LogP contribution in [-0.4, -0.2) is 22.4 Å². The first kappa shape index (κ1) is 15.4. The highest BCUT2D eigenvalue weighted by atomic mass is 32.1. The SMILES string of the molecule is CCCCNC(=O)c1sc(COc2cccnc2)nc1C. The van der Waals surface area contributed by atoms with E-state index in [0.29, 0.717) is 23.8 Å². The highest BCUT2D eigenvalue weighted by Crippen LogP contribution is 2.20. The molecule has 1 N–H and O–H groups in total. The summed E-state index contributed by atoms with van der Waals surface area (Å²) in [6.07, 6.45) is 5.39. The maximum Gasteiger partial charge on any atom is 0.263 e. The van der Waals surface area contributed by atoms with Crippen LogP contribution < -0.4 is 10.1 Å². The lowest BCUT2D eigenvalue weighted by molar-refractivity contribution is 0.0956. The van der Waals surface area contributed by atoms with Crippen molar-refractivity contribution >= 4 is 17.2 Å². The van der Waals surface area contributed by atoms with Crippen molar-refractivity contribution in [3.8, 4) is 5.75 Å². The molecule has 0 bridgehead atoms. The van der Waals surface area contributed by atoms with Gasteiger partial charge in [0.05, 0.1) is 11.9 Å². The summed E-state index contributed by atoms with van der Waals surface area (Å²) in [6, 6.07) is 3.65. The van der Waals surface area contributed by atoms with E-state index in [-0.39, 0.29) is 5.91 Å². The summed E-state index contributed by atoms with van der Waals surface area (Å²) in [5.74, 6) is 0.644. The van der Waals surface area contributed by atoms with Gasteiger partial charge in [-0.15, -0.1) is 11.3 Å². The second-order valence-electron chi connectivity index (χ2n) is 4.61. The summed E-state index contributed by atoms with van der Waals surface area (Å²) in [7, 11) is 0. The van der Waals surface area contributed by atoms with Gasteiger partial charge in [-0.05, 0) is 25.5 Å². The number of ether oxygens (including phenoxy) is 1. The van der Waals surface area contributed by atoms with Gasteiger partial charge in [-0.2, -0.15) is 0 Å². The molecule has 5 nitrogen and oxygen atoms in total. The monoisotopic (exact) mass is 305 g/mol. The van der Waals surface area contributed by atoms with Crippen LogP contribution in [0, 0.1) is 6.92 Å². The van der Waals surface area contributed by atoms with Crippen molar-refractivity contribution in [2.24, 2.45) is 0 Å². The second-order valence-corrected chi connectivity index (χ2v) is 5.69. The van der Waals surface area contributed by atoms with Crippen molar-refractivity contribution < 1.29 is 9.53 Å². The predicted molar refractivity (Wildman–Crippen MR) is 82.7 cm³/mol. The molecular weight excluding hydrogens is 286 g/mol. The van der Waals surface area contributed by atoms with Crippen molar-refractivity contribution in [1.82, 2.24) is 15.3 Å². The Bertz CT molecular complexity index is 584. The first-order valence-electron chi connectivity index (χ1n) is 6.98. The minimum Gasteiger partial charge on any atom is -0.485 e. The number of pyridine rings is 1. The van der Waals surface area contributed by atoms with E-state index < -0.39 is 0 Å². The Labute approximate surface area is 128 Å². The summed E-state index contributed by atoms with van der Waals surface area (Å²) < 4.78 is 5.59. The molecule has 0 radical (unpaired) electrons. The summed E-state index contributed by atoms with van der Waals surface area (Å²) in [6.45, 7) is 4.99. The van der Waals surface area contributed by atoms with Crippen LogP contribution >= 0.6 is 11.3 Å². The highest BCUT2D eigenvalue weighted by molar-refractivity contribution is 7.13. The van der Waals surface area contributed by atoms with E-state index in [0.717, 1.165) is 23.5 Å². The molecule has 0 fully saturated rings. The van der Waals surface area contributed by atoms with E-state index in [1.54, 1.807) is 12.4 Å². The topological polar surface area (TPSA) is 64.1 Å². The van der Waals surface area contributed by atoms with E-state index in [1.807, 2.05) is 19.1 Å². The largest absolute Gasteiger partial charge is 0.485 e. The number of carbonyl (C=O) groups is 1. The third-order valence-corrected chi connectivity index (χ3v) is 3.99. The molecule has 0 saturated carbocycles. The number of carbonyl (C=O) groups excluding carboxylic acids is 1. The van der Waals surface area contributed by atoms with Crippen molar-refractivity contribution in [3.63, 3.8) is 0 Å². The van der Waals surface area contributed by atoms with Gasteiger partial charge < -0.3 is 10.1 Å². The van der Waals surface area contributed by atoms with E-state index in [9.17, 15) is 4.79 Å². The van der Waals surface area contributed by atoms with Crippen molar-refractivity contribution in [1.29, 1.82) is 0 Å². The summed E-state index contributed by atoms with van der Waals surface area (Å²) in [5, 5.41) is 3.70. The fourth-order valence-electron chi connectivity index (χ4n) is 1.76. The number of amides is 1. The van der Waals surface area contributed by atoms with Crippen LogP contribution in [-0.2, 0) is 6.61 Å². The Hall–Kier alpha value is -1.95. The van der Waals surface area contributed by atoms with Gasteiger partial charge >= 0.3 is 0 Å². The van der Waals surface area contributed by atoms with Gasteiger partial charge in [-0.1, -0.05) is 13.3 Å². The second kappa shape index (κ2) is 7.73. The number of hydrogen-bond acceptors (Lipinski definition) is 5. The van der Waals surface area contributed by atoms with Crippen molar-refractivity contribution in [2.45, 2.75) is 33.3 Å². The number of aryl methyl sites for hydroxylation is 1. The Balaban J connectivity index is 1.94. The van der Waals surface area contributed by atoms with Crippen LogP contribution in [0.15, 0.2) is 24.5 Å². The summed E-state index contributed by atoms with van der Waals surface area (Å²) in [4.78, 5) is 21.1. The number of nitrogens with one attached hydrogen (secondary N) is 1. The molecule has 0 unspecified atom stereocenters. The lowest BCUT2D eigenvalue weighted by Gasteiger charge is -2.02. The first-order chi connectivity index (χ1) is 10.2. The van der Waals surface area contributed by atoms with Gasteiger partial charge in [0, 0.05) is 12.7 Å². The third kappa shape index (κ3) is 4.53. The zero-order valence-electron chi connectivity index (χ0n) is 12.3. The molecule has 0 spiro atoms. The van der Waals surface area contributed by atoms with Gasteiger partial charge in [0.25, 0.3) is 5.91 Å². The Morgan fingerprint density at radius 2 is 2.33 bits per heavy atom. The fraction of sp³-hybridized carbons (Fsp3) is 0.400. The molecule has 1 amide bonds. The van der Waals surface area contributed by atoms with Gasteiger partial charge in [-0.3, -0.25) is 9.78 Å². The van der Waals surface area contributed by atoms with Crippen LogP contribution in [0.25, 0.3) is 0 Å². The Morgan fingerprint density at radius 1 is 1.48 bits per heavy atom. The normalized spacial score (nSPS) is 10.4. The van der Waals surface area contributed by atoms with Gasteiger partial charge in [0.2, 0.25) is 0 Å². The highest BCUT2D eigenvalue weighted by Gasteiger charge is 2.15. The summed E-state index contributed by atoms with van der Waals surface area (Å²) in [5.41, 5.74) is 0.749. The number of rotatable bonds is 7. The van der Waals surface area contributed by atoms with Crippen LogP contribution in [0.1, 0.15) is 40.1 Å². The molecule has 2 heterocycles. The lowest BCUT2D eigenvalue weighted by atomic mass is 10.3. The molecule has 2 aromatic heterocycles. The lowest BCUT2D eigenvalue weighted by Crippen LogP contribution is -2.24. The van der Waals surface area contributed by atoms with E-state index in [1.165, 1.54) is 11.3 Å². The standard InChI is InChI=1S/C15H19N3O2S/c1-3-4-8-17-15(19)14-11(2)18-13(21-14)10-20-12-6-5-7-16-9-12/h5-7,9H,3-4,8,10H2,1-2H3,(H,17,19). The fourth-order valence-corrected chi connectivity index (χ4v) is 2.66. The molecule has 2 aromatic rings. The molecule has 0 aliphatic rings. The van der Waals surface area contributed by atoms with E-state index >= 15 is 0 Å². The van der Waals surface area contributed by atoms with Gasteiger partial charge in [0.1, 0.15) is 22.2 Å². The molecule has 6 heteroatoms. The van der Waals surface area contributed by atoms with Crippen LogP contribution in [0.3, 0.4) is 0 Å². The van der Waals surface area contributed by atoms with Crippen LogP contribution in [0.2, 0.25) is 0 Å². The molecule has 0 aliphatic carbocycles.